The molecule has 1 aromatic rings. The molecule has 0 bridgehead atoms. The number of thiazole rings is 1. The standard InChI is InChI=1S/C13H17N5O8S2.Na/c1-5-7(10(20)18(5)28(23,24)25)16-9(19)8(6-4-27-12(14)15-6)17-26-13(2,3)11(21)22;/h4-5,7H,1-3H3,(H2,14,15)(H,16,19)(H,21,22)(H,23,24,25);/q;+1/p-1/t5-,7-;/m0./s1. The Morgan fingerprint density at radius 1 is 1.48 bits per heavy atom. The van der Waals surface area contributed by atoms with E-state index in [0.29, 0.717) is 0 Å². The van der Waals surface area contributed by atoms with E-state index in [4.69, 9.17) is 15.1 Å². The number of hydrogen-bond donors (Lipinski definition) is 3. The second kappa shape index (κ2) is 8.93. The van der Waals surface area contributed by atoms with E-state index in [1.165, 1.54) is 12.3 Å². The molecule has 29 heavy (non-hydrogen) atoms. The maximum absolute atomic E-state index is 12.5. The largest absolute Gasteiger partial charge is 1.00 e. The third-order valence-corrected chi connectivity index (χ3v) is 5.39. The Hall–Kier alpha value is -1.78. The van der Waals surface area contributed by atoms with Gasteiger partial charge in [0.05, 0.1) is 12.0 Å². The van der Waals surface area contributed by atoms with Crippen molar-refractivity contribution in [3.63, 3.8) is 0 Å². The molecule has 1 aliphatic rings. The minimum Gasteiger partial charge on any atom is -0.546 e. The minimum atomic E-state index is -4.76. The van der Waals surface area contributed by atoms with E-state index in [0.717, 1.165) is 25.2 Å². The van der Waals surface area contributed by atoms with Crippen LogP contribution in [0.3, 0.4) is 0 Å². The molecule has 0 saturated carbocycles. The van der Waals surface area contributed by atoms with E-state index in [1.807, 2.05) is 0 Å². The van der Waals surface area contributed by atoms with E-state index in [1.54, 1.807) is 0 Å². The predicted molar refractivity (Wildman–Crippen MR) is 93.0 cm³/mol. The van der Waals surface area contributed by atoms with Crippen LogP contribution in [-0.2, 0) is 29.5 Å². The molecule has 1 fully saturated rings. The quantitative estimate of drug-likeness (QED) is 0.116. The fourth-order valence-electron chi connectivity index (χ4n) is 2.11. The van der Waals surface area contributed by atoms with Crippen molar-refractivity contribution in [2.24, 2.45) is 5.16 Å². The van der Waals surface area contributed by atoms with Crippen LogP contribution in [0.25, 0.3) is 0 Å². The van der Waals surface area contributed by atoms with Gasteiger partial charge < -0.3 is 25.8 Å². The molecule has 154 valence electrons. The van der Waals surface area contributed by atoms with Crippen molar-refractivity contribution < 1.29 is 66.9 Å². The normalized spacial score (nSPS) is 19.8. The number of nitrogens with two attached hydrogens (primary N) is 1. The number of carbonyl (C=O) groups is 3. The third-order valence-electron chi connectivity index (χ3n) is 3.71. The summed E-state index contributed by atoms with van der Waals surface area (Å²) in [4.78, 5) is 44.2. The minimum absolute atomic E-state index is 0. The van der Waals surface area contributed by atoms with Crippen LogP contribution in [0.2, 0.25) is 0 Å². The summed E-state index contributed by atoms with van der Waals surface area (Å²) >= 11 is 0.967. The van der Waals surface area contributed by atoms with Gasteiger partial charge in [0.2, 0.25) is 0 Å². The molecule has 0 spiro atoms. The maximum atomic E-state index is 12.5. The summed E-state index contributed by atoms with van der Waals surface area (Å²) in [6.45, 7) is 3.56. The van der Waals surface area contributed by atoms with Gasteiger partial charge in [-0.2, -0.15) is 8.42 Å². The van der Waals surface area contributed by atoms with E-state index < -0.39 is 51.5 Å². The number of carbonyl (C=O) groups excluding carboxylic acids is 3. The predicted octanol–water partition coefficient (Wildman–Crippen LogP) is -5.50. The number of nitrogen functional groups attached to an aromatic ring is 1. The SMILES string of the molecule is C[C@H]1[C@H](NC(=O)C(=NOC(C)(C)C(=O)[O-])c2csc(N)n2)C(=O)N1S(=O)(=O)O.[Na+]. The van der Waals surface area contributed by atoms with Gasteiger partial charge in [0.25, 0.3) is 11.8 Å². The summed E-state index contributed by atoms with van der Waals surface area (Å²) in [6, 6.07) is -2.33. The second-order valence-electron chi connectivity index (χ2n) is 6.20. The summed E-state index contributed by atoms with van der Waals surface area (Å²) in [5.41, 5.74) is 3.09. The van der Waals surface area contributed by atoms with Crippen molar-refractivity contribution in [1.82, 2.24) is 14.6 Å². The Labute approximate surface area is 191 Å². The number of carboxylic acids is 1. The number of nitrogens with zero attached hydrogens (tertiary/aromatic N) is 3. The molecule has 2 amide bonds. The first-order valence-electron chi connectivity index (χ1n) is 7.56. The third kappa shape index (κ3) is 5.43. The Kier molecular flexibility index (Phi) is 7.78. The fourth-order valence-corrected chi connectivity index (χ4v) is 3.54. The summed E-state index contributed by atoms with van der Waals surface area (Å²) < 4.78 is 31.4. The van der Waals surface area contributed by atoms with Crippen LogP contribution >= 0.6 is 11.3 Å². The van der Waals surface area contributed by atoms with Gasteiger partial charge in [-0.25, -0.2) is 9.29 Å². The number of hydrogen-bond acceptors (Lipinski definition) is 11. The number of aliphatic carboxylic acids is 1. The van der Waals surface area contributed by atoms with Crippen molar-refractivity contribution >= 4 is 50.3 Å². The molecule has 2 rings (SSSR count). The van der Waals surface area contributed by atoms with Crippen molar-refractivity contribution in [3.8, 4) is 0 Å². The molecule has 2 atom stereocenters. The Morgan fingerprint density at radius 2 is 2.07 bits per heavy atom. The summed E-state index contributed by atoms with van der Waals surface area (Å²) in [7, 11) is -4.76. The van der Waals surface area contributed by atoms with Crippen molar-refractivity contribution in [2.75, 3.05) is 5.73 Å². The van der Waals surface area contributed by atoms with Gasteiger partial charge in [0.15, 0.2) is 16.4 Å². The van der Waals surface area contributed by atoms with E-state index in [9.17, 15) is 27.9 Å². The van der Waals surface area contributed by atoms with Gasteiger partial charge in [-0.3, -0.25) is 14.1 Å². The molecule has 1 saturated heterocycles. The maximum Gasteiger partial charge on any atom is 1.00 e. The smallest absolute Gasteiger partial charge is 0.546 e. The van der Waals surface area contributed by atoms with E-state index >= 15 is 0 Å². The van der Waals surface area contributed by atoms with Gasteiger partial charge in [-0.15, -0.1) is 11.3 Å². The molecule has 1 aliphatic heterocycles. The van der Waals surface area contributed by atoms with Gasteiger partial charge in [-0.1, -0.05) is 5.16 Å². The van der Waals surface area contributed by atoms with Crippen molar-refractivity contribution in [3.05, 3.63) is 11.1 Å². The second-order valence-corrected chi connectivity index (χ2v) is 8.38. The number of oxime groups is 1. The van der Waals surface area contributed by atoms with Gasteiger partial charge in [-0.05, 0) is 20.8 Å². The molecule has 0 aliphatic carbocycles. The number of anilines is 1. The van der Waals surface area contributed by atoms with Crippen LogP contribution in [0.4, 0.5) is 5.13 Å². The average molecular weight is 457 g/mol. The van der Waals surface area contributed by atoms with Crippen LogP contribution in [0.15, 0.2) is 10.5 Å². The first-order chi connectivity index (χ1) is 12.8. The molecule has 0 aromatic carbocycles. The van der Waals surface area contributed by atoms with E-state index in [-0.39, 0.29) is 44.7 Å². The number of carboxylic acid groups (broad SMARTS) is 1. The first-order valence-corrected chi connectivity index (χ1v) is 9.84. The van der Waals surface area contributed by atoms with E-state index in [2.05, 4.69) is 15.5 Å². The Bertz CT molecular complexity index is 960. The molecule has 16 heteroatoms. The van der Waals surface area contributed by atoms with Gasteiger partial charge in [0.1, 0.15) is 11.7 Å². The number of amides is 2. The van der Waals surface area contributed by atoms with Crippen LogP contribution in [-0.4, -0.2) is 63.4 Å². The molecule has 4 N–H and O–H groups in total. The molecule has 13 nitrogen and oxygen atoms in total. The summed E-state index contributed by atoms with van der Waals surface area (Å²) in [5, 5.41) is 18.2. The monoisotopic (exact) mass is 457 g/mol. The zero-order valence-electron chi connectivity index (χ0n) is 15.8. The molecular formula is C13H16N5NaO8S2. The van der Waals surface area contributed by atoms with Crippen molar-refractivity contribution in [2.45, 2.75) is 38.5 Å². The average Bonchev–Trinajstić information content (AvgIpc) is 2.97. The van der Waals surface area contributed by atoms with Crippen LogP contribution in [0.5, 0.6) is 0 Å². The molecule has 0 unspecified atom stereocenters. The molecular weight excluding hydrogens is 441 g/mol. The van der Waals surface area contributed by atoms with Crippen LogP contribution in [0.1, 0.15) is 26.5 Å². The Morgan fingerprint density at radius 3 is 2.48 bits per heavy atom. The summed E-state index contributed by atoms with van der Waals surface area (Å²) in [5.74, 6) is -3.66. The van der Waals surface area contributed by atoms with Gasteiger partial charge in [0, 0.05) is 5.38 Å². The Balaban J connectivity index is 0.00000420. The molecule has 1 aromatic heterocycles. The zero-order chi connectivity index (χ0) is 21.4. The summed E-state index contributed by atoms with van der Waals surface area (Å²) in [6.07, 6.45) is 0. The number of nitrogens with one attached hydrogen (secondary N) is 1. The first kappa shape index (κ1) is 25.3. The number of aromatic nitrogens is 1. The molecule has 0 radical (unpaired) electrons. The van der Waals surface area contributed by atoms with Crippen LogP contribution in [0, 0.1) is 0 Å². The topological polar surface area (TPSA) is 204 Å². The fraction of sp³-hybridized carbons (Fsp3) is 0.462. The number of β-lactam (4-membered cyclic amide) rings is 1. The number of rotatable bonds is 7. The molecule has 2 heterocycles. The van der Waals surface area contributed by atoms with Crippen LogP contribution < -0.4 is 45.7 Å². The van der Waals surface area contributed by atoms with Gasteiger partial charge >= 0.3 is 39.9 Å². The zero-order valence-corrected chi connectivity index (χ0v) is 19.4. The van der Waals surface area contributed by atoms with Crippen molar-refractivity contribution in [1.29, 1.82) is 0 Å².